The van der Waals surface area contributed by atoms with Crippen LogP contribution in [0.5, 0.6) is 0 Å². The second-order valence-electron chi connectivity index (χ2n) is 8.47. The number of nitrogens with one attached hydrogen (secondary N) is 2. The number of carbonyl (C=O) groups is 2. The summed E-state index contributed by atoms with van der Waals surface area (Å²) >= 11 is 1.25. The first kappa shape index (κ1) is 24.4. The second-order valence-corrected chi connectivity index (χ2v) is 9.78. The molecule has 184 valence electrons. The van der Waals surface area contributed by atoms with E-state index in [0.717, 1.165) is 44.2 Å². The minimum atomic E-state index is -4.42. The van der Waals surface area contributed by atoms with Gasteiger partial charge in [0.15, 0.2) is 11.0 Å². The first-order valence-electron chi connectivity index (χ1n) is 11.3. The van der Waals surface area contributed by atoms with E-state index in [9.17, 15) is 22.8 Å². The third kappa shape index (κ3) is 5.48. The number of hydrogen-bond acceptors (Lipinski definition) is 6. The first-order valence-corrected chi connectivity index (χ1v) is 12.2. The van der Waals surface area contributed by atoms with Crippen LogP contribution < -0.4 is 10.6 Å². The van der Waals surface area contributed by atoms with Crippen LogP contribution in [0.1, 0.15) is 56.5 Å². The van der Waals surface area contributed by atoms with Crippen molar-refractivity contribution in [3.63, 3.8) is 0 Å². The van der Waals surface area contributed by atoms with E-state index >= 15 is 0 Å². The summed E-state index contributed by atoms with van der Waals surface area (Å²) < 4.78 is 41.2. The average Bonchev–Trinajstić information content (AvgIpc) is 3.43. The number of rotatable bonds is 7. The highest BCUT2D eigenvalue weighted by molar-refractivity contribution is 8.00. The molecular weight excluding hydrogens is 469 g/mol. The van der Waals surface area contributed by atoms with E-state index in [-0.39, 0.29) is 18.5 Å². The predicted molar refractivity (Wildman–Crippen MR) is 121 cm³/mol. The Bertz CT molecular complexity index is 1040. The van der Waals surface area contributed by atoms with Crippen LogP contribution in [0.4, 0.5) is 23.7 Å². The molecule has 12 heteroatoms. The molecule has 0 spiro atoms. The molecule has 8 nitrogen and oxygen atoms in total. The van der Waals surface area contributed by atoms with Crippen LogP contribution in [0.3, 0.4) is 0 Å². The molecular formula is C22H27F3N6O2S. The minimum Gasteiger partial charge on any atom is -0.378 e. The molecule has 2 N–H and O–H groups in total. The van der Waals surface area contributed by atoms with Crippen LogP contribution in [-0.4, -0.2) is 49.9 Å². The number of nitrogens with zero attached hydrogens (tertiary/aromatic N) is 4. The fraction of sp³-hybridized carbons (Fsp3) is 0.545. The Morgan fingerprint density at radius 2 is 2.03 bits per heavy atom. The topological polar surface area (TPSA) is 92.2 Å². The van der Waals surface area contributed by atoms with E-state index in [1.54, 1.807) is 13.0 Å². The van der Waals surface area contributed by atoms with E-state index in [1.807, 2.05) is 4.57 Å². The standard InChI is InChI=1S/C22H27F3N6O2S/c1-14(19(32)30-11-10-26-20(30)33)34-21-29-28-18(31(21)17-8-3-2-4-9-17)13-27-16-7-5-6-15(12-16)22(23,24)25/h5-7,12,14,17,27H,2-4,8-11,13H2,1H3,(H,26,33)/t14-/m0/s1. The number of amides is 3. The molecule has 1 aromatic heterocycles. The Labute approximate surface area is 199 Å². The number of alkyl halides is 3. The maximum atomic E-state index is 13.1. The summed E-state index contributed by atoms with van der Waals surface area (Å²) in [7, 11) is 0. The maximum absolute atomic E-state index is 13.1. The van der Waals surface area contributed by atoms with E-state index in [1.165, 1.54) is 22.7 Å². The quantitative estimate of drug-likeness (QED) is 0.551. The number of aromatic nitrogens is 3. The molecule has 1 atom stereocenters. The van der Waals surface area contributed by atoms with Crippen LogP contribution >= 0.6 is 11.8 Å². The molecule has 1 aliphatic heterocycles. The van der Waals surface area contributed by atoms with Gasteiger partial charge in [-0.25, -0.2) is 4.79 Å². The van der Waals surface area contributed by atoms with Gasteiger partial charge < -0.3 is 15.2 Å². The van der Waals surface area contributed by atoms with Crippen molar-refractivity contribution >= 4 is 29.4 Å². The minimum absolute atomic E-state index is 0.155. The summed E-state index contributed by atoms with van der Waals surface area (Å²) in [5.41, 5.74) is -0.383. The van der Waals surface area contributed by atoms with Gasteiger partial charge in [-0.15, -0.1) is 10.2 Å². The van der Waals surface area contributed by atoms with Crippen LogP contribution in [-0.2, 0) is 17.5 Å². The average molecular weight is 497 g/mol. The smallest absolute Gasteiger partial charge is 0.378 e. The fourth-order valence-electron chi connectivity index (χ4n) is 4.31. The van der Waals surface area contributed by atoms with E-state index < -0.39 is 23.0 Å². The van der Waals surface area contributed by atoms with Crippen molar-refractivity contribution in [1.82, 2.24) is 25.0 Å². The predicted octanol–water partition coefficient (Wildman–Crippen LogP) is 4.45. The lowest BCUT2D eigenvalue weighted by Crippen LogP contribution is -2.39. The molecule has 1 aromatic carbocycles. The molecule has 0 bridgehead atoms. The zero-order valence-corrected chi connectivity index (χ0v) is 19.6. The van der Waals surface area contributed by atoms with Gasteiger partial charge in [-0.2, -0.15) is 13.2 Å². The van der Waals surface area contributed by atoms with Crippen LogP contribution in [0.25, 0.3) is 0 Å². The highest BCUT2D eigenvalue weighted by Crippen LogP contribution is 2.35. The van der Waals surface area contributed by atoms with Crippen molar-refractivity contribution in [3.8, 4) is 0 Å². The number of halogens is 3. The van der Waals surface area contributed by atoms with Gasteiger partial charge in [-0.1, -0.05) is 37.1 Å². The Balaban J connectivity index is 1.52. The molecule has 0 radical (unpaired) electrons. The molecule has 0 unspecified atom stereocenters. The summed E-state index contributed by atoms with van der Waals surface area (Å²) in [6.07, 6.45) is 0.750. The molecule has 2 fully saturated rings. The van der Waals surface area contributed by atoms with E-state index in [2.05, 4.69) is 20.8 Å². The molecule has 2 aromatic rings. The molecule has 3 amide bonds. The fourth-order valence-corrected chi connectivity index (χ4v) is 5.31. The van der Waals surface area contributed by atoms with Crippen molar-refractivity contribution in [2.24, 2.45) is 0 Å². The number of urea groups is 1. The van der Waals surface area contributed by atoms with Gasteiger partial charge in [-0.3, -0.25) is 9.69 Å². The van der Waals surface area contributed by atoms with Crippen molar-refractivity contribution in [2.75, 3.05) is 18.4 Å². The molecule has 1 saturated heterocycles. The molecule has 2 aliphatic rings. The van der Waals surface area contributed by atoms with Gasteiger partial charge in [0.25, 0.3) is 0 Å². The zero-order chi connectivity index (χ0) is 24.3. The summed E-state index contributed by atoms with van der Waals surface area (Å²) in [5.74, 6) is 0.312. The molecule has 1 saturated carbocycles. The maximum Gasteiger partial charge on any atom is 0.416 e. The Kier molecular flexibility index (Phi) is 7.34. The highest BCUT2D eigenvalue weighted by Gasteiger charge is 2.33. The third-order valence-electron chi connectivity index (χ3n) is 6.07. The SMILES string of the molecule is C[C@H](Sc1nnc(CNc2cccc(C(F)(F)F)c2)n1C1CCCCC1)C(=O)N1CCNC1=O. The van der Waals surface area contributed by atoms with Gasteiger partial charge in [0, 0.05) is 24.8 Å². The lowest BCUT2D eigenvalue weighted by atomic mass is 9.95. The number of carbonyl (C=O) groups excluding carboxylic acids is 2. The van der Waals surface area contributed by atoms with Gasteiger partial charge in [0.2, 0.25) is 5.91 Å². The summed E-state index contributed by atoms with van der Waals surface area (Å²) in [6.45, 7) is 2.71. The van der Waals surface area contributed by atoms with Crippen LogP contribution in [0.15, 0.2) is 29.4 Å². The molecule has 34 heavy (non-hydrogen) atoms. The third-order valence-corrected chi connectivity index (χ3v) is 7.11. The summed E-state index contributed by atoms with van der Waals surface area (Å²) in [4.78, 5) is 25.8. The lowest BCUT2D eigenvalue weighted by molar-refractivity contribution is -0.137. The Morgan fingerprint density at radius 1 is 1.26 bits per heavy atom. The molecule has 2 heterocycles. The number of imide groups is 1. The number of thioether (sulfide) groups is 1. The van der Waals surface area contributed by atoms with Gasteiger partial charge >= 0.3 is 12.2 Å². The zero-order valence-electron chi connectivity index (χ0n) is 18.8. The molecule has 4 rings (SSSR count). The largest absolute Gasteiger partial charge is 0.416 e. The van der Waals surface area contributed by atoms with Crippen LogP contribution in [0, 0.1) is 0 Å². The Morgan fingerprint density at radius 3 is 2.71 bits per heavy atom. The number of anilines is 1. The monoisotopic (exact) mass is 496 g/mol. The van der Waals surface area contributed by atoms with Gasteiger partial charge in [-0.05, 0) is 38.0 Å². The first-order chi connectivity index (χ1) is 16.2. The summed E-state index contributed by atoms with van der Waals surface area (Å²) in [6, 6.07) is 4.80. The van der Waals surface area contributed by atoms with E-state index in [4.69, 9.17) is 0 Å². The van der Waals surface area contributed by atoms with Crippen molar-refractivity contribution in [3.05, 3.63) is 35.7 Å². The van der Waals surface area contributed by atoms with E-state index in [0.29, 0.717) is 29.8 Å². The number of hydrogen-bond donors (Lipinski definition) is 2. The van der Waals surface area contributed by atoms with Crippen molar-refractivity contribution in [2.45, 2.75) is 68.2 Å². The normalized spacial score (nSPS) is 18.1. The highest BCUT2D eigenvalue weighted by atomic mass is 32.2. The summed E-state index contributed by atoms with van der Waals surface area (Å²) in [5, 5.41) is 14.3. The molecule has 1 aliphatic carbocycles. The van der Waals surface area contributed by atoms with Crippen LogP contribution in [0.2, 0.25) is 0 Å². The lowest BCUT2D eigenvalue weighted by Gasteiger charge is -2.26. The van der Waals surface area contributed by atoms with Gasteiger partial charge in [0.1, 0.15) is 0 Å². The number of benzene rings is 1. The van der Waals surface area contributed by atoms with Gasteiger partial charge in [0.05, 0.1) is 17.4 Å². The van der Waals surface area contributed by atoms with Crippen molar-refractivity contribution < 1.29 is 22.8 Å². The van der Waals surface area contributed by atoms with Crippen molar-refractivity contribution in [1.29, 1.82) is 0 Å². The Hall–Kier alpha value is -2.76. The second kappa shape index (κ2) is 10.2.